The van der Waals surface area contributed by atoms with Crippen molar-refractivity contribution in [1.29, 1.82) is 0 Å². The molecule has 2 aliphatic rings. The van der Waals surface area contributed by atoms with Crippen molar-refractivity contribution >= 4 is 32.9 Å². The van der Waals surface area contributed by atoms with Crippen LogP contribution in [0.1, 0.15) is 48.0 Å². The van der Waals surface area contributed by atoms with E-state index in [2.05, 4.69) is 30.2 Å². The molecule has 0 amide bonds. The zero-order valence-electron chi connectivity index (χ0n) is 13.4. The highest BCUT2D eigenvalue weighted by Gasteiger charge is 2.24. The van der Waals surface area contributed by atoms with E-state index in [0.717, 1.165) is 41.4 Å². The Kier molecular flexibility index (Phi) is 4.43. The van der Waals surface area contributed by atoms with Crippen molar-refractivity contribution in [2.45, 2.75) is 44.9 Å². The predicted octanol–water partition coefficient (Wildman–Crippen LogP) is 3.07. The van der Waals surface area contributed by atoms with E-state index in [-0.39, 0.29) is 0 Å². The molecule has 124 valence electrons. The first-order chi connectivity index (χ1) is 11.3. The Morgan fingerprint density at radius 2 is 1.39 bits per heavy atom. The number of aryl methyl sites for hydroxylation is 1. The highest BCUT2D eigenvalue weighted by molar-refractivity contribution is 7.15. The first-order valence-electron chi connectivity index (χ1n) is 8.43. The lowest BCUT2D eigenvalue weighted by atomic mass is 9.90. The molecule has 3 heterocycles. The molecule has 0 bridgehead atoms. The minimum atomic E-state index is 0.653. The lowest BCUT2D eigenvalue weighted by Crippen LogP contribution is -2.46. The molecule has 2 fully saturated rings. The van der Waals surface area contributed by atoms with Crippen LogP contribution in [-0.2, 0) is 0 Å². The van der Waals surface area contributed by atoms with Crippen molar-refractivity contribution in [3.05, 3.63) is 10.0 Å². The van der Waals surface area contributed by atoms with Crippen LogP contribution in [0.2, 0.25) is 0 Å². The molecule has 0 spiro atoms. The number of rotatable bonds is 3. The fraction of sp³-hybridized carbons (Fsp3) is 0.733. The number of hydrogen-bond acceptors (Lipinski definition) is 8. The smallest absolute Gasteiger partial charge is 0.208 e. The summed E-state index contributed by atoms with van der Waals surface area (Å²) in [5.41, 5.74) is 0. The van der Waals surface area contributed by atoms with Gasteiger partial charge in [0.1, 0.15) is 10.0 Å². The summed E-state index contributed by atoms with van der Waals surface area (Å²) in [6.45, 7) is 5.93. The van der Waals surface area contributed by atoms with Crippen molar-refractivity contribution in [2.24, 2.45) is 0 Å². The molecule has 1 saturated carbocycles. The minimum absolute atomic E-state index is 0.653. The molecule has 6 nitrogen and oxygen atoms in total. The van der Waals surface area contributed by atoms with Crippen LogP contribution in [0.5, 0.6) is 0 Å². The molecule has 0 radical (unpaired) electrons. The van der Waals surface area contributed by atoms with Gasteiger partial charge in [-0.3, -0.25) is 0 Å². The third kappa shape index (κ3) is 3.33. The third-order valence-electron chi connectivity index (χ3n) is 4.72. The molecule has 2 aromatic heterocycles. The van der Waals surface area contributed by atoms with Gasteiger partial charge in [-0.2, -0.15) is 0 Å². The maximum absolute atomic E-state index is 4.49. The molecule has 4 rings (SSSR count). The van der Waals surface area contributed by atoms with E-state index in [4.69, 9.17) is 0 Å². The van der Waals surface area contributed by atoms with Gasteiger partial charge in [0.25, 0.3) is 0 Å². The molecule has 1 aliphatic carbocycles. The van der Waals surface area contributed by atoms with E-state index in [9.17, 15) is 0 Å². The summed E-state index contributed by atoms with van der Waals surface area (Å²) in [6.07, 6.45) is 6.66. The Hall–Kier alpha value is -1.28. The van der Waals surface area contributed by atoms with Crippen LogP contribution in [0.3, 0.4) is 0 Å². The maximum Gasteiger partial charge on any atom is 0.208 e. The molecule has 0 N–H and O–H groups in total. The van der Waals surface area contributed by atoms with Crippen molar-refractivity contribution in [3.8, 4) is 0 Å². The number of aromatic nitrogens is 4. The molecule has 23 heavy (non-hydrogen) atoms. The van der Waals surface area contributed by atoms with Crippen LogP contribution in [0.15, 0.2) is 0 Å². The summed E-state index contributed by atoms with van der Waals surface area (Å²) in [5.74, 6) is 0.653. The van der Waals surface area contributed by atoms with Crippen LogP contribution in [0.4, 0.5) is 10.3 Å². The summed E-state index contributed by atoms with van der Waals surface area (Å²) in [5, 5.41) is 21.7. The third-order valence-corrected chi connectivity index (χ3v) is 6.77. The highest BCUT2D eigenvalue weighted by atomic mass is 32.1. The molecule has 0 aromatic carbocycles. The average molecular weight is 351 g/mol. The van der Waals surface area contributed by atoms with E-state index < -0.39 is 0 Å². The first kappa shape index (κ1) is 15.3. The molecular formula is C15H22N6S2. The van der Waals surface area contributed by atoms with Gasteiger partial charge < -0.3 is 9.80 Å². The van der Waals surface area contributed by atoms with Gasteiger partial charge in [0.2, 0.25) is 10.3 Å². The van der Waals surface area contributed by atoms with Crippen LogP contribution in [0.25, 0.3) is 0 Å². The zero-order chi connectivity index (χ0) is 15.6. The SMILES string of the molecule is Cc1nnc(N2CCN(c3nnc(C4CCCCC4)s3)CC2)s1. The maximum atomic E-state index is 4.49. The molecule has 0 unspecified atom stereocenters. The lowest BCUT2D eigenvalue weighted by Gasteiger charge is -2.33. The van der Waals surface area contributed by atoms with E-state index in [0.29, 0.717) is 5.92 Å². The van der Waals surface area contributed by atoms with Gasteiger partial charge in [-0.05, 0) is 19.8 Å². The Labute approximate surface area is 144 Å². The average Bonchev–Trinajstić information content (AvgIpc) is 3.25. The van der Waals surface area contributed by atoms with Gasteiger partial charge >= 0.3 is 0 Å². The Bertz CT molecular complexity index is 640. The quantitative estimate of drug-likeness (QED) is 0.848. The molecule has 0 atom stereocenters. The zero-order valence-corrected chi connectivity index (χ0v) is 15.1. The van der Waals surface area contributed by atoms with E-state index in [1.165, 1.54) is 37.1 Å². The number of anilines is 2. The van der Waals surface area contributed by atoms with Crippen LogP contribution in [0, 0.1) is 6.92 Å². The summed E-state index contributed by atoms with van der Waals surface area (Å²) >= 11 is 3.48. The second-order valence-corrected chi connectivity index (χ2v) is 8.48. The number of nitrogens with zero attached hydrogens (tertiary/aromatic N) is 6. The second kappa shape index (κ2) is 6.68. The van der Waals surface area contributed by atoms with Crippen molar-refractivity contribution in [2.75, 3.05) is 36.0 Å². The normalized spacial score (nSPS) is 20.2. The Morgan fingerprint density at radius 3 is 2.00 bits per heavy atom. The summed E-state index contributed by atoms with van der Waals surface area (Å²) in [7, 11) is 0. The fourth-order valence-electron chi connectivity index (χ4n) is 3.37. The van der Waals surface area contributed by atoms with Gasteiger partial charge in [-0.15, -0.1) is 20.4 Å². The van der Waals surface area contributed by atoms with E-state index in [1.54, 1.807) is 22.7 Å². The molecular weight excluding hydrogens is 328 g/mol. The minimum Gasteiger partial charge on any atom is -0.343 e. The largest absolute Gasteiger partial charge is 0.343 e. The monoisotopic (exact) mass is 350 g/mol. The molecule has 2 aromatic rings. The molecule has 1 saturated heterocycles. The van der Waals surface area contributed by atoms with Crippen LogP contribution >= 0.6 is 22.7 Å². The van der Waals surface area contributed by atoms with Crippen molar-refractivity contribution in [3.63, 3.8) is 0 Å². The van der Waals surface area contributed by atoms with E-state index >= 15 is 0 Å². The first-order valence-corrected chi connectivity index (χ1v) is 10.1. The summed E-state index contributed by atoms with van der Waals surface area (Å²) in [4.78, 5) is 4.69. The van der Waals surface area contributed by atoms with E-state index in [1.807, 2.05) is 6.92 Å². The number of piperazine rings is 1. The van der Waals surface area contributed by atoms with Gasteiger partial charge in [0, 0.05) is 32.1 Å². The highest BCUT2D eigenvalue weighted by Crippen LogP contribution is 2.36. The fourth-order valence-corrected chi connectivity index (χ4v) is 5.18. The Balaban J connectivity index is 1.37. The van der Waals surface area contributed by atoms with Gasteiger partial charge in [0.15, 0.2) is 0 Å². The summed E-state index contributed by atoms with van der Waals surface area (Å²) < 4.78 is 0. The summed E-state index contributed by atoms with van der Waals surface area (Å²) in [6, 6.07) is 0. The Morgan fingerprint density at radius 1 is 0.783 bits per heavy atom. The van der Waals surface area contributed by atoms with Crippen LogP contribution in [-0.4, -0.2) is 46.6 Å². The predicted molar refractivity (Wildman–Crippen MR) is 94.8 cm³/mol. The van der Waals surface area contributed by atoms with Crippen molar-refractivity contribution < 1.29 is 0 Å². The van der Waals surface area contributed by atoms with Gasteiger partial charge in [-0.25, -0.2) is 0 Å². The van der Waals surface area contributed by atoms with Gasteiger partial charge in [0.05, 0.1) is 0 Å². The topological polar surface area (TPSA) is 58.0 Å². The molecule has 1 aliphatic heterocycles. The van der Waals surface area contributed by atoms with Gasteiger partial charge in [-0.1, -0.05) is 41.9 Å². The van der Waals surface area contributed by atoms with Crippen LogP contribution < -0.4 is 9.80 Å². The standard InChI is InChI=1S/C15H22N6S2/c1-11-16-18-14(22-11)20-7-9-21(10-8-20)15-19-17-13(23-15)12-5-3-2-4-6-12/h12H,2-10H2,1H3. The van der Waals surface area contributed by atoms with Crippen molar-refractivity contribution in [1.82, 2.24) is 20.4 Å². The number of hydrogen-bond donors (Lipinski definition) is 0. The molecule has 8 heteroatoms. The lowest BCUT2D eigenvalue weighted by molar-refractivity contribution is 0.440. The second-order valence-electron chi connectivity index (χ2n) is 6.34.